The van der Waals surface area contributed by atoms with E-state index in [4.69, 9.17) is 0 Å². The van der Waals surface area contributed by atoms with Gasteiger partial charge in [0.05, 0.1) is 13.1 Å². The third-order valence-electron chi connectivity index (χ3n) is 2.91. The van der Waals surface area contributed by atoms with E-state index in [1.807, 2.05) is 17.5 Å². The van der Waals surface area contributed by atoms with E-state index in [0.29, 0.717) is 12.1 Å². The predicted molar refractivity (Wildman–Crippen MR) is 78.9 cm³/mol. The Morgan fingerprint density at radius 1 is 1.33 bits per heavy atom. The Morgan fingerprint density at radius 3 is 2.81 bits per heavy atom. The number of thiophene rings is 1. The van der Waals surface area contributed by atoms with Gasteiger partial charge in [-0.3, -0.25) is 9.69 Å². The zero-order chi connectivity index (χ0) is 15.2. The molecule has 0 unspecified atom stereocenters. The molecule has 0 aliphatic heterocycles. The Labute approximate surface area is 126 Å². The summed E-state index contributed by atoms with van der Waals surface area (Å²) in [6.45, 7) is 0.899. The molecule has 3 nitrogen and oxygen atoms in total. The van der Waals surface area contributed by atoms with Crippen LogP contribution in [0.25, 0.3) is 0 Å². The first-order valence-corrected chi connectivity index (χ1v) is 7.34. The largest absolute Gasteiger partial charge is 0.350 e. The van der Waals surface area contributed by atoms with Gasteiger partial charge in [0, 0.05) is 23.1 Å². The molecule has 1 amide bonds. The highest BCUT2D eigenvalue weighted by atomic mass is 32.1. The maximum atomic E-state index is 13.5. The molecule has 0 bridgehead atoms. The minimum absolute atomic E-state index is 0.131. The summed E-state index contributed by atoms with van der Waals surface area (Å²) in [5.74, 6) is -1.33. The number of nitrogens with zero attached hydrogens (tertiary/aromatic N) is 1. The van der Waals surface area contributed by atoms with E-state index in [1.165, 1.54) is 12.1 Å². The van der Waals surface area contributed by atoms with Gasteiger partial charge in [-0.25, -0.2) is 8.78 Å². The highest BCUT2D eigenvalue weighted by Gasteiger charge is 2.10. The molecule has 2 aromatic rings. The van der Waals surface area contributed by atoms with E-state index in [2.05, 4.69) is 5.32 Å². The SMILES string of the molecule is CN(CC(=O)NCc1cccs1)Cc1ccc(F)cc1F. The van der Waals surface area contributed by atoms with Gasteiger partial charge >= 0.3 is 0 Å². The van der Waals surface area contributed by atoms with Gasteiger partial charge in [-0.15, -0.1) is 11.3 Å². The molecule has 0 aliphatic rings. The molecule has 1 heterocycles. The van der Waals surface area contributed by atoms with Crippen LogP contribution < -0.4 is 5.32 Å². The van der Waals surface area contributed by atoms with Crippen molar-refractivity contribution in [2.24, 2.45) is 0 Å². The molecule has 1 aromatic carbocycles. The van der Waals surface area contributed by atoms with Gasteiger partial charge in [-0.1, -0.05) is 12.1 Å². The number of hydrogen-bond acceptors (Lipinski definition) is 3. The summed E-state index contributed by atoms with van der Waals surface area (Å²) in [6.07, 6.45) is 0. The number of amides is 1. The van der Waals surface area contributed by atoms with Crippen LogP contribution in [0.3, 0.4) is 0 Å². The summed E-state index contributed by atoms with van der Waals surface area (Å²) in [4.78, 5) is 14.5. The van der Waals surface area contributed by atoms with E-state index in [-0.39, 0.29) is 19.0 Å². The number of carbonyl (C=O) groups is 1. The van der Waals surface area contributed by atoms with Crippen LogP contribution in [0.1, 0.15) is 10.4 Å². The lowest BCUT2D eigenvalue weighted by molar-refractivity contribution is -0.122. The minimum atomic E-state index is -0.604. The average molecular weight is 310 g/mol. The summed E-state index contributed by atoms with van der Waals surface area (Å²) < 4.78 is 26.3. The number of halogens is 2. The molecule has 2 rings (SSSR count). The van der Waals surface area contributed by atoms with Crippen molar-refractivity contribution in [3.05, 3.63) is 57.8 Å². The van der Waals surface area contributed by atoms with Crippen molar-refractivity contribution in [1.82, 2.24) is 10.2 Å². The fourth-order valence-corrected chi connectivity index (χ4v) is 2.54. The molecule has 0 atom stereocenters. The molecule has 112 valence electrons. The Kier molecular flexibility index (Phi) is 5.41. The van der Waals surface area contributed by atoms with Crippen molar-refractivity contribution in [3.63, 3.8) is 0 Å². The lowest BCUT2D eigenvalue weighted by atomic mass is 10.2. The Bertz CT molecular complexity index is 602. The number of nitrogens with one attached hydrogen (secondary N) is 1. The molecule has 0 fully saturated rings. The third kappa shape index (κ3) is 4.91. The zero-order valence-corrected chi connectivity index (χ0v) is 12.4. The molecule has 6 heteroatoms. The maximum absolute atomic E-state index is 13.5. The molecule has 0 aliphatic carbocycles. The van der Waals surface area contributed by atoms with Crippen LogP contribution in [-0.2, 0) is 17.9 Å². The molecule has 1 aromatic heterocycles. The molecular formula is C15H16F2N2OS. The lowest BCUT2D eigenvalue weighted by Crippen LogP contribution is -2.34. The van der Waals surface area contributed by atoms with E-state index in [1.54, 1.807) is 23.3 Å². The second kappa shape index (κ2) is 7.28. The van der Waals surface area contributed by atoms with Crippen LogP contribution in [-0.4, -0.2) is 24.4 Å². The summed E-state index contributed by atoms with van der Waals surface area (Å²) in [5, 5.41) is 4.75. The van der Waals surface area contributed by atoms with Gasteiger partial charge in [-0.2, -0.15) is 0 Å². The second-order valence-electron chi connectivity index (χ2n) is 4.76. The zero-order valence-electron chi connectivity index (χ0n) is 11.6. The summed E-state index contributed by atoms with van der Waals surface area (Å²) >= 11 is 1.58. The van der Waals surface area contributed by atoms with Gasteiger partial charge in [-0.05, 0) is 24.6 Å². The van der Waals surface area contributed by atoms with E-state index in [0.717, 1.165) is 10.9 Å². The maximum Gasteiger partial charge on any atom is 0.234 e. The van der Waals surface area contributed by atoms with E-state index >= 15 is 0 Å². The standard InChI is InChI=1S/C15H16F2N2OS/c1-19(9-11-4-5-12(16)7-14(11)17)10-15(20)18-8-13-3-2-6-21-13/h2-7H,8-10H2,1H3,(H,18,20). The van der Waals surface area contributed by atoms with Crippen LogP contribution in [0, 0.1) is 11.6 Å². The number of likely N-dealkylation sites (N-methyl/N-ethyl adjacent to an activating group) is 1. The Morgan fingerprint density at radius 2 is 2.14 bits per heavy atom. The second-order valence-corrected chi connectivity index (χ2v) is 5.80. The normalized spacial score (nSPS) is 10.9. The van der Waals surface area contributed by atoms with Crippen molar-refractivity contribution < 1.29 is 13.6 Å². The van der Waals surface area contributed by atoms with Gasteiger partial charge < -0.3 is 5.32 Å². The van der Waals surface area contributed by atoms with E-state index in [9.17, 15) is 13.6 Å². The van der Waals surface area contributed by atoms with Gasteiger partial charge in [0.1, 0.15) is 11.6 Å². The van der Waals surface area contributed by atoms with Crippen molar-refractivity contribution in [3.8, 4) is 0 Å². The summed E-state index contributed by atoms with van der Waals surface area (Å²) in [6, 6.07) is 7.33. The molecular weight excluding hydrogens is 294 g/mol. The molecule has 0 saturated heterocycles. The monoisotopic (exact) mass is 310 g/mol. The molecule has 0 spiro atoms. The van der Waals surface area contributed by atoms with E-state index < -0.39 is 11.6 Å². The first-order valence-electron chi connectivity index (χ1n) is 6.46. The van der Waals surface area contributed by atoms with Gasteiger partial charge in [0.25, 0.3) is 0 Å². The first-order chi connectivity index (χ1) is 10.0. The molecule has 1 N–H and O–H groups in total. The van der Waals surface area contributed by atoms with Crippen molar-refractivity contribution >= 4 is 17.2 Å². The number of carbonyl (C=O) groups excluding carboxylic acids is 1. The quantitative estimate of drug-likeness (QED) is 0.890. The average Bonchev–Trinajstić information content (AvgIpc) is 2.93. The topological polar surface area (TPSA) is 32.3 Å². The Hall–Kier alpha value is -1.79. The van der Waals surface area contributed by atoms with Crippen molar-refractivity contribution in [2.75, 3.05) is 13.6 Å². The van der Waals surface area contributed by atoms with Crippen molar-refractivity contribution in [1.29, 1.82) is 0 Å². The van der Waals surface area contributed by atoms with Crippen LogP contribution in [0.4, 0.5) is 8.78 Å². The predicted octanol–water partition coefficient (Wildman–Crippen LogP) is 2.77. The third-order valence-corrected chi connectivity index (χ3v) is 3.79. The van der Waals surface area contributed by atoms with Crippen molar-refractivity contribution in [2.45, 2.75) is 13.1 Å². The number of rotatable bonds is 6. The Balaban J connectivity index is 1.80. The molecule has 21 heavy (non-hydrogen) atoms. The summed E-state index contributed by atoms with van der Waals surface area (Å²) in [5.41, 5.74) is 0.366. The summed E-state index contributed by atoms with van der Waals surface area (Å²) in [7, 11) is 1.72. The smallest absolute Gasteiger partial charge is 0.234 e. The van der Waals surface area contributed by atoms with Gasteiger partial charge in [0.2, 0.25) is 5.91 Å². The first kappa shape index (κ1) is 15.6. The van der Waals surface area contributed by atoms with Crippen LogP contribution in [0.15, 0.2) is 35.7 Å². The molecule has 0 saturated carbocycles. The van der Waals surface area contributed by atoms with Crippen LogP contribution in [0.2, 0.25) is 0 Å². The van der Waals surface area contributed by atoms with Gasteiger partial charge in [0.15, 0.2) is 0 Å². The fraction of sp³-hybridized carbons (Fsp3) is 0.267. The molecule has 0 radical (unpaired) electrons. The lowest BCUT2D eigenvalue weighted by Gasteiger charge is -2.16. The number of benzene rings is 1. The van der Waals surface area contributed by atoms with Crippen LogP contribution >= 0.6 is 11.3 Å². The highest BCUT2D eigenvalue weighted by molar-refractivity contribution is 7.09. The van der Waals surface area contributed by atoms with Crippen LogP contribution in [0.5, 0.6) is 0 Å². The minimum Gasteiger partial charge on any atom is -0.350 e. The fourth-order valence-electron chi connectivity index (χ4n) is 1.90. The number of hydrogen-bond donors (Lipinski definition) is 1. The highest BCUT2D eigenvalue weighted by Crippen LogP contribution is 2.11.